The van der Waals surface area contributed by atoms with Gasteiger partial charge in [-0.05, 0) is 29.7 Å². The van der Waals surface area contributed by atoms with Crippen LogP contribution in [0.15, 0.2) is 12.1 Å². The maximum absolute atomic E-state index is 11.0. The van der Waals surface area contributed by atoms with E-state index in [1.54, 1.807) is 7.11 Å². The van der Waals surface area contributed by atoms with Crippen molar-refractivity contribution in [2.45, 2.75) is 47.6 Å². The molecule has 1 saturated carbocycles. The Balaban J connectivity index is 1.71. The fraction of sp³-hybridized carbons (Fsp3) is 0.647. The van der Waals surface area contributed by atoms with Gasteiger partial charge in [-0.25, -0.2) is 0 Å². The lowest BCUT2D eigenvalue weighted by atomic mass is 9.61. The number of halogens is 1. The quantitative estimate of drug-likeness (QED) is 0.681. The van der Waals surface area contributed by atoms with E-state index in [9.17, 15) is 10.2 Å². The number of hydrogen-bond acceptors (Lipinski definition) is 6. The summed E-state index contributed by atoms with van der Waals surface area (Å²) in [6.45, 7) is 1.59. The highest BCUT2D eigenvalue weighted by atomic mass is 79.9. The third-order valence-electron chi connectivity index (χ3n) is 6.28. The Morgan fingerprint density at radius 3 is 2.79 bits per heavy atom. The highest BCUT2D eigenvalue weighted by molar-refractivity contribution is 9.09. The summed E-state index contributed by atoms with van der Waals surface area (Å²) in [6, 6.07) is 4.15. The third-order valence-corrected chi connectivity index (χ3v) is 7.58. The third kappa shape index (κ3) is 1.69. The molecule has 0 aromatic heterocycles. The van der Waals surface area contributed by atoms with E-state index in [1.807, 2.05) is 12.1 Å². The van der Waals surface area contributed by atoms with E-state index < -0.39 is 17.6 Å². The van der Waals surface area contributed by atoms with Gasteiger partial charge >= 0.3 is 0 Å². The molecule has 2 N–H and O–H groups in total. The van der Waals surface area contributed by atoms with Crippen molar-refractivity contribution in [3.05, 3.63) is 23.3 Å². The Kier molecular flexibility index (Phi) is 3.26. The lowest BCUT2D eigenvalue weighted by Gasteiger charge is -2.53. The van der Waals surface area contributed by atoms with Crippen LogP contribution in [0, 0.1) is 0 Å². The van der Waals surface area contributed by atoms with Gasteiger partial charge in [0.1, 0.15) is 0 Å². The minimum Gasteiger partial charge on any atom is -0.454 e. The van der Waals surface area contributed by atoms with Gasteiger partial charge in [0.25, 0.3) is 0 Å². The first-order valence-electron chi connectivity index (χ1n) is 8.27. The first-order chi connectivity index (χ1) is 11.6. The van der Waals surface area contributed by atoms with E-state index in [-0.39, 0.29) is 23.8 Å². The van der Waals surface area contributed by atoms with Gasteiger partial charge in [-0.15, -0.1) is 0 Å². The Hall–Kier alpha value is -0.860. The monoisotopic (exact) mass is 397 g/mol. The Bertz CT molecular complexity index is 700. The van der Waals surface area contributed by atoms with Crippen molar-refractivity contribution in [2.75, 3.05) is 20.4 Å². The molecule has 130 valence electrons. The molecular formula is C17H20BrNO5. The number of ether oxygens (including phenoxy) is 3. The van der Waals surface area contributed by atoms with E-state index in [2.05, 4.69) is 20.8 Å². The number of alkyl halides is 1. The number of fused-ring (bicyclic) bond motifs is 2. The summed E-state index contributed by atoms with van der Waals surface area (Å²) in [4.78, 5) is 2.01. The molecule has 2 bridgehead atoms. The summed E-state index contributed by atoms with van der Waals surface area (Å²) in [5.74, 6) is 1.48. The van der Waals surface area contributed by atoms with Crippen LogP contribution in [0.4, 0.5) is 0 Å². The molecule has 1 aliphatic carbocycles. The maximum atomic E-state index is 11.0. The fourth-order valence-corrected chi connectivity index (χ4v) is 6.42. The largest absolute Gasteiger partial charge is 0.454 e. The van der Waals surface area contributed by atoms with Crippen LogP contribution in [-0.2, 0) is 16.7 Å². The molecule has 0 amide bonds. The molecule has 1 aromatic rings. The minimum absolute atomic E-state index is 0.123. The molecular weight excluding hydrogens is 378 g/mol. The van der Waals surface area contributed by atoms with Crippen LogP contribution in [0.1, 0.15) is 17.5 Å². The van der Waals surface area contributed by atoms with Gasteiger partial charge in [-0.2, -0.15) is 0 Å². The highest BCUT2D eigenvalue weighted by Gasteiger charge is 2.66. The topological polar surface area (TPSA) is 71.4 Å². The molecule has 3 aliphatic heterocycles. The predicted molar refractivity (Wildman–Crippen MR) is 88.6 cm³/mol. The molecule has 4 aliphatic rings. The number of nitrogens with zero attached hydrogens (tertiary/aromatic N) is 1. The predicted octanol–water partition coefficient (Wildman–Crippen LogP) is 0.755. The van der Waals surface area contributed by atoms with Crippen molar-refractivity contribution < 1.29 is 24.4 Å². The first kappa shape index (κ1) is 15.4. The van der Waals surface area contributed by atoms with Crippen molar-refractivity contribution in [1.29, 1.82) is 0 Å². The van der Waals surface area contributed by atoms with Crippen LogP contribution in [-0.4, -0.2) is 64.7 Å². The van der Waals surface area contributed by atoms with Crippen LogP contribution < -0.4 is 9.47 Å². The van der Waals surface area contributed by atoms with Crippen LogP contribution in [0.5, 0.6) is 11.5 Å². The average Bonchev–Trinajstić information content (AvgIpc) is 3.10. The molecule has 3 heterocycles. The van der Waals surface area contributed by atoms with Crippen LogP contribution >= 0.6 is 15.9 Å². The molecule has 0 spiro atoms. The highest BCUT2D eigenvalue weighted by Crippen LogP contribution is 2.57. The number of methoxy groups -OCH3 is 1. The van der Waals surface area contributed by atoms with E-state index in [0.717, 1.165) is 29.2 Å². The lowest BCUT2D eigenvalue weighted by molar-refractivity contribution is -0.0814. The lowest BCUT2D eigenvalue weighted by Crippen LogP contribution is -2.65. The summed E-state index contributed by atoms with van der Waals surface area (Å²) in [7, 11) is 1.63. The molecule has 7 atom stereocenters. The van der Waals surface area contributed by atoms with Gasteiger partial charge < -0.3 is 24.4 Å². The number of hydrogen-bond donors (Lipinski definition) is 2. The van der Waals surface area contributed by atoms with Crippen molar-refractivity contribution in [2.24, 2.45) is 0 Å². The molecule has 6 nitrogen and oxygen atoms in total. The Morgan fingerprint density at radius 2 is 2.04 bits per heavy atom. The normalized spacial score (nSPS) is 45.0. The molecule has 2 fully saturated rings. The van der Waals surface area contributed by atoms with Crippen LogP contribution in [0.25, 0.3) is 0 Å². The van der Waals surface area contributed by atoms with Gasteiger partial charge in [0.05, 0.1) is 28.6 Å². The Morgan fingerprint density at radius 1 is 1.29 bits per heavy atom. The van der Waals surface area contributed by atoms with Crippen LogP contribution in [0.2, 0.25) is 0 Å². The van der Waals surface area contributed by atoms with Gasteiger partial charge in [-0.3, -0.25) is 4.90 Å². The summed E-state index contributed by atoms with van der Waals surface area (Å²) in [5.41, 5.74) is 1.64. The van der Waals surface area contributed by atoms with Crippen molar-refractivity contribution >= 4 is 15.9 Å². The molecule has 1 unspecified atom stereocenters. The van der Waals surface area contributed by atoms with E-state index in [1.165, 1.54) is 0 Å². The van der Waals surface area contributed by atoms with E-state index >= 15 is 0 Å². The van der Waals surface area contributed by atoms with E-state index in [0.29, 0.717) is 13.0 Å². The van der Waals surface area contributed by atoms with Gasteiger partial charge in [0, 0.05) is 26.2 Å². The fourth-order valence-electron chi connectivity index (χ4n) is 5.22. The zero-order valence-electron chi connectivity index (χ0n) is 13.3. The molecule has 7 heteroatoms. The molecule has 24 heavy (non-hydrogen) atoms. The van der Waals surface area contributed by atoms with Gasteiger partial charge in [0.15, 0.2) is 11.5 Å². The molecule has 1 saturated heterocycles. The summed E-state index contributed by atoms with van der Waals surface area (Å²) in [5, 5.41) is 21.8. The average molecular weight is 398 g/mol. The van der Waals surface area contributed by atoms with Gasteiger partial charge in [-0.1, -0.05) is 15.9 Å². The van der Waals surface area contributed by atoms with Crippen molar-refractivity contribution in [1.82, 2.24) is 4.90 Å². The van der Waals surface area contributed by atoms with E-state index in [4.69, 9.17) is 14.2 Å². The number of aliphatic hydroxyl groups is 2. The first-order valence-corrected chi connectivity index (χ1v) is 9.19. The molecule has 0 radical (unpaired) electrons. The number of rotatable bonds is 1. The van der Waals surface area contributed by atoms with Gasteiger partial charge in [0.2, 0.25) is 6.79 Å². The Labute approximate surface area is 148 Å². The maximum Gasteiger partial charge on any atom is 0.231 e. The van der Waals surface area contributed by atoms with Crippen molar-refractivity contribution in [3.8, 4) is 11.5 Å². The van der Waals surface area contributed by atoms with Crippen molar-refractivity contribution in [3.63, 3.8) is 0 Å². The zero-order valence-corrected chi connectivity index (χ0v) is 14.9. The number of benzene rings is 1. The smallest absolute Gasteiger partial charge is 0.231 e. The summed E-state index contributed by atoms with van der Waals surface area (Å²) in [6.07, 6.45) is -0.779. The SMILES string of the molecule is CO[C@H]1C[C@@H]2N3Cc4cc5c(cc4[C@@]2([C@H](O)C3)[C@@H](Br)[C@@H]1O)OCO5. The second kappa shape index (κ2) is 5.08. The second-order valence-corrected chi connectivity index (χ2v) is 8.15. The second-order valence-electron chi connectivity index (χ2n) is 7.16. The summed E-state index contributed by atoms with van der Waals surface area (Å²) < 4.78 is 16.6. The standard InChI is InChI=1S/C17H20BrNO5/c1-22-12-4-13-17(16(18)15(12)21)9-3-11-10(23-7-24-11)2-8(9)5-19(13)6-14(17)20/h2-3,12-16,20-21H,4-7H2,1H3/t12-,13-,14+,15+,16-,17+/m0/s1. The van der Waals surface area contributed by atoms with Crippen LogP contribution in [0.3, 0.4) is 0 Å². The molecule has 5 rings (SSSR count). The minimum atomic E-state index is -0.683. The zero-order chi connectivity index (χ0) is 16.6. The molecule has 1 aromatic carbocycles. The summed E-state index contributed by atoms with van der Waals surface area (Å²) >= 11 is 3.72. The number of aliphatic hydroxyl groups excluding tert-OH is 2.